The Morgan fingerprint density at radius 3 is 1.80 bits per heavy atom. The van der Waals surface area contributed by atoms with Gasteiger partial charge in [0.2, 0.25) is 0 Å². The molecule has 0 unspecified atom stereocenters. The standard InChI is InChI=1S/C20H24F2N2O/c1-23-10-12-24(13-11-23)14-15-25-20(16-2-6-18(21)7-3-16)17-4-8-19(22)9-5-17/h2-9,20H,10-15H2,1H3. The number of halogens is 2. The molecule has 1 fully saturated rings. The molecule has 1 saturated heterocycles. The van der Waals surface area contributed by atoms with Crippen molar-refractivity contribution in [1.29, 1.82) is 0 Å². The topological polar surface area (TPSA) is 15.7 Å². The van der Waals surface area contributed by atoms with Gasteiger partial charge in [0.15, 0.2) is 0 Å². The molecule has 134 valence electrons. The van der Waals surface area contributed by atoms with E-state index in [0.717, 1.165) is 43.9 Å². The van der Waals surface area contributed by atoms with Gasteiger partial charge < -0.3 is 9.64 Å². The van der Waals surface area contributed by atoms with E-state index in [1.165, 1.54) is 24.3 Å². The zero-order valence-electron chi connectivity index (χ0n) is 14.5. The lowest BCUT2D eigenvalue weighted by molar-refractivity contribution is 0.0483. The zero-order valence-corrected chi connectivity index (χ0v) is 14.5. The molecule has 0 aromatic heterocycles. The number of piperazine rings is 1. The van der Waals surface area contributed by atoms with Crippen molar-refractivity contribution in [3.8, 4) is 0 Å². The maximum atomic E-state index is 13.2. The lowest BCUT2D eigenvalue weighted by atomic mass is 10.0. The maximum Gasteiger partial charge on any atom is 0.123 e. The van der Waals surface area contributed by atoms with E-state index in [1.54, 1.807) is 24.3 Å². The predicted molar refractivity (Wildman–Crippen MR) is 94.5 cm³/mol. The lowest BCUT2D eigenvalue weighted by Gasteiger charge is -2.32. The molecular weight excluding hydrogens is 322 g/mol. The van der Waals surface area contributed by atoms with Gasteiger partial charge in [-0.3, -0.25) is 4.90 Å². The zero-order chi connectivity index (χ0) is 17.6. The normalized spacial score (nSPS) is 16.5. The van der Waals surface area contributed by atoms with Crippen molar-refractivity contribution in [2.45, 2.75) is 6.10 Å². The van der Waals surface area contributed by atoms with E-state index >= 15 is 0 Å². The molecule has 3 rings (SSSR count). The first-order valence-electron chi connectivity index (χ1n) is 8.65. The predicted octanol–water partition coefficient (Wildman–Crippen LogP) is 3.32. The van der Waals surface area contributed by atoms with Gasteiger partial charge in [-0.25, -0.2) is 8.78 Å². The fraction of sp³-hybridized carbons (Fsp3) is 0.400. The number of likely N-dealkylation sites (N-methyl/N-ethyl adjacent to an activating group) is 1. The molecule has 0 bridgehead atoms. The van der Waals surface area contributed by atoms with Crippen molar-refractivity contribution >= 4 is 0 Å². The minimum atomic E-state index is -0.325. The Bertz CT molecular complexity index is 607. The molecule has 0 N–H and O–H groups in total. The molecule has 0 spiro atoms. The summed E-state index contributed by atoms with van der Waals surface area (Å²) < 4.78 is 32.6. The third-order valence-electron chi connectivity index (χ3n) is 4.63. The fourth-order valence-corrected chi connectivity index (χ4v) is 3.03. The average molecular weight is 346 g/mol. The number of nitrogens with zero attached hydrogens (tertiary/aromatic N) is 2. The Hall–Kier alpha value is -1.82. The summed E-state index contributed by atoms with van der Waals surface area (Å²) in [5.74, 6) is -0.557. The summed E-state index contributed by atoms with van der Waals surface area (Å²) >= 11 is 0. The summed E-state index contributed by atoms with van der Waals surface area (Å²) in [6.45, 7) is 5.64. The average Bonchev–Trinajstić information content (AvgIpc) is 2.62. The van der Waals surface area contributed by atoms with Gasteiger partial charge in [0.05, 0.1) is 6.61 Å². The minimum Gasteiger partial charge on any atom is -0.367 e. The highest BCUT2D eigenvalue weighted by Crippen LogP contribution is 2.26. The number of benzene rings is 2. The van der Waals surface area contributed by atoms with Gasteiger partial charge >= 0.3 is 0 Å². The van der Waals surface area contributed by atoms with E-state index < -0.39 is 0 Å². The van der Waals surface area contributed by atoms with E-state index in [1.807, 2.05) is 0 Å². The molecule has 0 aliphatic carbocycles. The smallest absolute Gasteiger partial charge is 0.123 e. The van der Waals surface area contributed by atoms with Crippen molar-refractivity contribution in [2.75, 3.05) is 46.4 Å². The quantitative estimate of drug-likeness (QED) is 0.798. The van der Waals surface area contributed by atoms with Crippen LogP contribution in [0.2, 0.25) is 0 Å². The molecule has 2 aromatic rings. The van der Waals surface area contributed by atoms with Crippen molar-refractivity contribution in [3.05, 3.63) is 71.3 Å². The highest BCUT2D eigenvalue weighted by molar-refractivity contribution is 5.30. The molecular formula is C20H24F2N2O. The van der Waals surface area contributed by atoms with E-state index in [9.17, 15) is 8.78 Å². The minimum absolute atomic E-state index is 0.279. The van der Waals surface area contributed by atoms with Crippen LogP contribution in [0, 0.1) is 11.6 Å². The summed E-state index contributed by atoms with van der Waals surface area (Å²) in [5.41, 5.74) is 1.73. The van der Waals surface area contributed by atoms with Crippen molar-refractivity contribution < 1.29 is 13.5 Å². The van der Waals surface area contributed by atoms with Crippen LogP contribution in [0.5, 0.6) is 0 Å². The van der Waals surface area contributed by atoms with Crippen LogP contribution in [0.15, 0.2) is 48.5 Å². The van der Waals surface area contributed by atoms with Gasteiger partial charge in [0.25, 0.3) is 0 Å². The number of hydrogen-bond donors (Lipinski definition) is 0. The Morgan fingerprint density at radius 1 is 0.840 bits per heavy atom. The molecule has 1 aliphatic rings. The van der Waals surface area contributed by atoms with Crippen LogP contribution >= 0.6 is 0 Å². The second-order valence-electron chi connectivity index (χ2n) is 6.50. The summed E-state index contributed by atoms with van der Waals surface area (Å²) in [6, 6.07) is 12.6. The summed E-state index contributed by atoms with van der Waals surface area (Å²) in [7, 11) is 2.13. The molecule has 1 heterocycles. The summed E-state index contributed by atoms with van der Waals surface area (Å²) in [4.78, 5) is 4.70. The van der Waals surface area contributed by atoms with Crippen LogP contribution in [0.3, 0.4) is 0 Å². The van der Waals surface area contributed by atoms with Gasteiger partial charge in [0, 0.05) is 32.7 Å². The first-order valence-corrected chi connectivity index (χ1v) is 8.65. The number of ether oxygens (including phenoxy) is 1. The second-order valence-corrected chi connectivity index (χ2v) is 6.50. The van der Waals surface area contributed by atoms with Crippen molar-refractivity contribution in [1.82, 2.24) is 9.80 Å². The van der Waals surface area contributed by atoms with E-state index in [4.69, 9.17) is 4.74 Å². The fourth-order valence-electron chi connectivity index (χ4n) is 3.03. The van der Waals surface area contributed by atoms with Crippen LogP contribution < -0.4 is 0 Å². The first-order chi connectivity index (χ1) is 12.1. The van der Waals surface area contributed by atoms with E-state index in [-0.39, 0.29) is 17.7 Å². The van der Waals surface area contributed by atoms with Crippen LogP contribution in [0.25, 0.3) is 0 Å². The maximum absolute atomic E-state index is 13.2. The highest BCUT2D eigenvalue weighted by Gasteiger charge is 2.17. The van der Waals surface area contributed by atoms with Crippen LogP contribution in [0.1, 0.15) is 17.2 Å². The highest BCUT2D eigenvalue weighted by atomic mass is 19.1. The third kappa shape index (κ3) is 5.08. The van der Waals surface area contributed by atoms with E-state index in [2.05, 4.69) is 16.8 Å². The monoisotopic (exact) mass is 346 g/mol. The SMILES string of the molecule is CN1CCN(CCOC(c2ccc(F)cc2)c2ccc(F)cc2)CC1. The Kier molecular flexibility index (Phi) is 6.13. The number of rotatable bonds is 6. The summed E-state index contributed by atoms with van der Waals surface area (Å²) in [6.07, 6.45) is -0.325. The Morgan fingerprint density at radius 2 is 1.32 bits per heavy atom. The van der Waals surface area contributed by atoms with Crippen LogP contribution in [0.4, 0.5) is 8.78 Å². The molecule has 0 radical (unpaired) electrons. The number of hydrogen-bond acceptors (Lipinski definition) is 3. The van der Waals surface area contributed by atoms with Crippen molar-refractivity contribution in [3.63, 3.8) is 0 Å². The Balaban J connectivity index is 1.66. The molecule has 1 aliphatic heterocycles. The van der Waals surface area contributed by atoms with Crippen LogP contribution in [-0.2, 0) is 4.74 Å². The molecule has 3 nitrogen and oxygen atoms in total. The lowest BCUT2D eigenvalue weighted by Crippen LogP contribution is -2.45. The second kappa shape index (κ2) is 8.52. The van der Waals surface area contributed by atoms with Gasteiger partial charge in [-0.15, -0.1) is 0 Å². The molecule has 0 atom stereocenters. The Labute approximate surface area is 147 Å². The third-order valence-corrected chi connectivity index (χ3v) is 4.63. The molecule has 5 heteroatoms. The largest absolute Gasteiger partial charge is 0.367 e. The first kappa shape index (κ1) is 18.0. The molecule has 2 aromatic carbocycles. The molecule has 0 saturated carbocycles. The van der Waals surface area contributed by atoms with Gasteiger partial charge in [-0.2, -0.15) is 0 Å². The van der Waals surface area contributed by atoms with Gasteiger partial charge in [-0.05, 0) is 42.4 Å². The van der Waals surface area contributed by atoms with E-state index in [0.29, 0.717) is 6.61 Å². The molecule has 25 heavy (non-hydrogen) atoms. The van der Waals surface area contributed by atoms with Gasteiger partial charge in [0.1, 0.15) is 17.7 Å². The molecule has 0 amide bonds. The van der Waals surface area contributed by atoms with Gasteiger partial charge in [-0.1, -0.05) is 24.3 Å². The summed E-state index contributed by atoms with van der Waals surface area (Å²) in [5, 5.41) is 0. The van der Waals surface area contributed by atoms with Crippen molar-refractivity contribution in [2.24, 2.45) is 0 Å². The van der Waals surface area contributed by atoms with Crippen LogP contribution in [-0.4, -0.2) is 56.2 Å².